The summed E-state index contributed by atoms with van der Waals surface area (Å²) in [5.41, 5.74) is 3.18. The molecule has 9 nitrogen and oxygen atoms in total. The highest BCUT2D eigenvalue weighted by atomic mass is 16.5. The van der Waals surface area contributed by atoms with Gasteiger partial charge in [0.1, 0.15) is 5.75 Å². The van der Waals surface area contributed by atoms with Crippen molar-refractivity contribution in [1.82, 2.24) is 19.9 Å². The van der Waals surface area contributed by atoms with E-state index < -0.39 is 0 Å². The topological polar surface area (TPSA) is 102 Å². The molecule has 2 aromatic heterocycles. The van der Waals surface area contributed by atoms with Gasteiger partial charge in [-0.1, -0.05) is 6.07 Å². The van der Waals surface area contributed by atoms with Gasteiger partial charge in [-0.15, -0.1) is 5.10 Å². The van der Waals surface area contributed by atoms with E-state index in [-0.39, 0.29) is 11.4 Å². The summed E-state index contributed by atoms with van der Waals surface area (Å²) >= 11 is 0. The molecule has 0 atom stereocenters. The molecule has 1 fully saturated rings. The summed E-state index contributed by atoms with van der Waals surface area (Å²) in [5.74, 6) is 1.04. The summed E-state index contributed by atoms with van der Waals surface area (Å²) < 4.78 is 13.0. The third kappa shape index (κ3) is 3.13. The van der Waals surface area contributed by atoms with Crippen LogP contribution in [0.4, 0.5) is 17.2 Å². The third-order valence-electron chi connectivity index (χ3n) is 5.38. The lowest BCUT2D eigenvalue weighted by atomic mass is 10.2. The lowest BCUT2D eigenvalue weighted by molar-refractivity contribution is 0.0753. The number of imidazole rings is 1. The second-order valence-corrected chi connectivity index (χ2v) is 7.46. The first kappa shape index (κ1) is 17.7. The number of hydrogen-bond donors (Lipinski definition) is 3. The predicted octanol–water partition coefficient (Wildman–Crippen LogP) is 2.32. The van der Waals surface area contributed by atoms with Crippen LogP contribution in [0.2, 0.25) is 0 Å². The fourth-order valence-corrected chi connectivity index (χ4v) is 3.57. The standard InChI is InChI=1S/C20H22N6O3/c1-21-14-8-17-23-13-7-12(3-4-16(13)28-2)10-29-11-20(5-6-20)24-19(27)15-9-22-18(14)26(15)25-17/h3-4,7-9,21H,5-6,10-11H2,1-2H3,(H,23,25)(H,24,27). The van der Waals surface area contributed by atoms with Gasteiger partial charge in [0.25, 0.3) is 5.91 Å². The number of rotatable bonds is 2. The Morgan fingerprint density at radius 1 is 1.31 bits per heavy atom. The summed E-state index contributed by atoms with van der Waals surface area (Å²) in [5, 5.41) is 14.2. The second kappa shape index (κ2) is 6.63. The van der Waals surface area contributed by atoms with Crippen molar-refractivity contribution >= 4 is 28.7 Å². The Hall–Kier alpha value is -3.33. The Balaban J connectivity index is 1.67. The number of ether oxygens (including phenoxy) is 2. The van der Waals surface area contributed by atoms with Gasteiger partial charge in [0.2, 0.25) is 0 Å². The maximum atomic E-state index is 13.0. The van der Waals surface area contributed by atoms with Gasteiger partial charge in [-0.2, -0.15) is 0 Å². The van der Waals surface area contributed by atoms with Crippen LogP contribution in [0.5, 0.6) is 5.75 Å². The summed E-state index contributed by atoms with van der Waals surface area (Å²) in [6, 6.07) is 7.71. The molecule has 1 aromatic carbocycles. The Bertz CT molecular complexity index is 1110. The van der Waals surface area contributed by atoms with E-state index in [9.17, 15) is 4.79 Å². The minimum atomic E-state index is -0.317. The number of amides is 1. The van der Waals surface area contributed by atoms with E-state index in [1.54, 1.807) is 17.8 Å². The number of nitrogens with zero attached hydrogens (tertiary/aromatic N) is 3. The Morgan fingerprint density at radius 3 is 2.93 bits per heavy atom. The van der Waals surface area contributed by atoms with Crippen LogP contribution in [-0.4, -0.2) is 46.8 Å². The average molecular weight is 394 g/mol. The number of benzene rings is 1. The fourth-order valence-electron chi connectivity index (χ4n) is 3.57. The molecule has 9 heteroatoms. The molecule has 0 saturated heterocycles. The van der Waals surface area contributed by atoms with Gasteiger partial charge in [0, 0.05) is 13.1 Å². The van der Waals surface area contributed by atoms with Gasteiger partial charge in [-0.3, -0.25) is 4.79 Å². The highest BCUT2D eigenvalue weighted by Crippen LogP contribution is 2.37. The molecular weight excluding hydrogens is 372 g/mol. The fraction of sp³-hybridized carbons (Fsp3) is 0.350. The van der Waals surface area contributed by atoms with Crippen LogP contribution in [0.25, 0.3) is 5.65 Å². The Morgan fingerprint density at radius 2 is 2.17 bits per heavy atom. The quantitative estimate of drug-likeness (QED) is 0.613. The molecule has 3 aromatic rings. The van der Waals surface area contributed by atoms with Gasteiger partial charge in [-0.05, 0) is 30.5 Å². The van der Waals surface area contributed by atoms with Crippen LogP contribution in [-0.2, 0) is 11.3 Å². The van der Waals surface area contributed by atoms with Crippen molar-refractivity contribution in [2.45, 2.75) is 25.0 Å². The molecule has 1 aliphatic heterocycles. The molecule has 1 spiro atoms. The summed E-state index contributed by atoms with van der Waals surface area (Å²) in [6.07, 6.45) is 3.34. The molecule has 1 saturated carbocycles. The zero-order valence-electron chi connectivity index (χ0n) is 16.3. The molecule has 0 radical (unpaired) electrons. The second-order valence-electron chi connectivity index (χ2n) is 7.46. The highest BCUT2D eigenvalue weighted by molar-refractivity contribution is 5.94. The maximum Gasteiger partial charge on any atom is 0.272 e. The number of fused-ring (bicyclic) bond motifs is 3. The van der Waals surface area contributed by atoms with Crippen molar-refractivity contribution in [2.75, 3.05) is 31.4 Å². The molecule has 5 rings (SSSR count). The number of carbonyl (C=O) groups excluding carboxylic acids is 1. The highest BCUT2D eigenvalue weighted by Gasteiger charge is 2.45. The van der Waals surface area contributed by atoms with Gasteiger partial charge in [-0.25, -0.2) is 9.50 Å². The van der Waals surface area contributed by atoms with Gasteiger partial charge >= 0.3 is 0 Å². The number of carbonyl (C=O) groups is 1. The van der Waals surface area contributed by atoms with Crippen LogP contribution in [0.1, 0.15) is 28.9 Å². The number of anilines is 3. The molecule has 1 amide bonds. The SMILES string of the molecule is CNc1cc2nn3c(cnc13)C(=O)NC1(CC1)COCc1ccc(OC)c(c1)N2. The van der Waals surface area contributed by atoms with Gasteiger partial charge in [0.05, 0.1) is 43.4 Å². The largest absolute Gasteiger partial charge is 0.495 e. The van der Waals surface area contributed by atoms with Crippen LogP contribution < -0.4 is 20.7 Å². The van der Waals surface area contributed by atoms with Crippen LogP contribution in [0.15, 0.2) is 30.5 Å². The van der Waals surface area contributed by atoms with E-state index in [1.807, 2.05) is 31.3 Å². The molecule has 3 heterocycles. The lowest BCUT2D eigenvalue weighted by Crippen LogP contribution is -2.41. The van der Waals surface area contributed by atoms with E-state index in [2.05, 4.69) is 26.0 Å². The minimum Gasteiger partial charge on any atom is -0.495 e. The summed E-state index contributed by atoms with van der Waals surface area (Å²) in [4.78, 5) is 17.3. The smallest absolute Gasteiger partial charge is 0.272 e. The Labute approximate surface area is 167 Å². The minimum absolute atomic E-state index is 0.210. The van der Waals surface area contributed by atoms with E-state index >= 15 is 0 Å². The number of hydrogen-bond acceptors (Lipinski definition) is 7. The van der Waals surface area contributed by atoms with Crippen molar-refractivity contribution in [3.8, 4) is 5.75 Å². The van der Waals surface area contributed by atoms with E-state index in [0.717, 1.165) is 29.8 Å². The third-order valence-corrected chi connectivity index (χ3v) is 5.38. The van der Waals surface area contributed by atoms with E-state index in [0.29, 0.717) is 36.1 Å². The average Bonchev–Trinajstić information content (AvgIpc) is 3.33. The molecule has 29 heavy (non-hydrogen) atoms. The normalized spacial score (nSPS) is 17.5. The molecular formula is C20H22N6O3. The number of nitrogens with one attached hydrogen (secondary N) is 3. The Kier molecular flexibility index (Phi) is 4.06. The lowest BCUT2D eigenvalue weighted by Gasteiger charge is -2.19. The zero-order valence-corrected chi connectivity index (χ0v) is 16.3. The van der Waals surface area contributed by atoms with Crippen LogP contribution in [0, 0.1) is 0 Å². The predicted molar refractivity (Wildman–Crippen MR) is 108 cm³/mol. The monoisotopic (exact) mass is 394 g/mol. The van der Waals surface area contributed by atoms with Crippen LogP contribution >= 0.6 is 0 Å². The number of aromatic nitrogens is 3. The van der Waals surface area contributed by atoms with Crippen molar-refractivity contribution in [3.63, 3.8) is 0 Å². The molecule has 2 aliphatic rings. The first-order valence-corrected chi connectivity index (χ1v) is 9.51. The molecule has 0 unspecified atom stereocenters. The van der Waals surface area contributed by atoms with Crippen LogP contribution in [0.3, 0.4) is 0 Å². The van der Waals surface area contributed by atoms with Crippen molar-refractivity contribution < 1.29 is 14.3 Å². The van der Waals surface area contributed by atoms with Crippen molar-refractivity contribution in [1.29, 1.82) is 0 Å². The zero-order chi connectivity index (χ0) is 20.0. The maximum absolute atomic E-state index is 13.0. The first-order chi connectivity index (χ1) is 14.1. The molecule has 150 valence electrons. The molecule has 1 aliphatic carbocycles. The van der Waals surface area contributed by atoms with E-state index in [1.165, 1.54) is 0 Å². The summed E-state index contributed by atoms with van der Waals surface area (Å²) in [6.45, 7) is 0.910. The molecule has 4 bridgehead atoms. The summed E-state index contributed by atoms with van der Waals surface area (Å²) in [7, 11) is 3.43. The van der Waals surface area contributed by atoms with Crippen molar-refractivity contribution in [2.24, 2.45) is 0 Å². The first-order valence-electron chi connectivity index (χ1n) is 9.51. The van der Waals surface area contributed by atoms with Crippen molar-refractivity contribution in [3.05, 3.63) is 41.7 Å². The van der Waals surface area contributed by atoms with Gasteiger partial charge in [0.15, 0.2) is 17.2 Å². The van der Waals surface area contributed by atoms with Gasteiger partial charge < -0.3 is 25.4 Å². The molecule has 3 N–H and O–H groups in total. The number of methoxy groups -OCH3 is 1. The van der Waals surface area contributed by atoms with E-state index in [4.69, 9.17) is 9.47 Å².